The molecule has 16 heavy (non-hydrogen) atoms. The van der Waals surface area contributed by atoms with Crippen LogP contribution in [0.25, 0.3) is 11.5 Å². The molecule has 3 N–H and O–H groups in total. The molecular weight excluding hydrogens is 204 g/mol. The Morgan fingerprint density at radius 1 is 1.44 bits per heavy atom. The van der Waals surface area contributed by atoms with E-state index in [1.807, 2.05) is 0 Å². The first-order valence-electron chi connectivity index (χ1n) is 4.83. The number of hydrogen-bond acceptors (Lipinski definition) is 5. The Labute approximate surface area is 92.8 Å². The Hall–Kier alpha value is -2.17. The van der Waals surface area contributed by atoms with Crippen molar-refractivity contribution in [2.45, 2.75) is 13.8 Å². The summed E-state index contributed by atoms with van der Waals surface area (Å²) in [6.45, 7) is 3.45. The SMILES string of the molecule is CC(=N)c1c(C)nnc(-c2ccco2)c1N. The van der Waals surface area contributed by atoms with Crippen LogP contribution in [0.2, 0.25) is 0 Å². The number of anilines is 1. The van der Waals surface area contributed by atoms with Gasteiger partial charge in [-0.15, -0.1) is 5.10 Å². The summed E-state index contributed by atoms with van der Waals surface area (Å²) in [7, 11) is 0. The van der Waals surface area contributed by atoms with Gasteiger partial charge in [0.15, 0.2) is 11.5 Å². The molecule has 5 heteroatoms. The lowest BCUT2D eigenvalue weighted by molar-refractivity contribution is 0.579. The molecule has 2 heterocycles. The molecule has 0 spiro atoms. The van der Waals surface area contributed by atoms with Crippen LogP contribution in [0.5, 0.6) is 0 Å². The van der Waals surface area contributed by atoms with Gasteiger partial charge in [0, 0.05) is 11.3 Å². The third-order valence-corrected chi connectivity index (χ3v) is 2.32. The molecule has 5 nitrogen and oxygen atoms in total. The van der Waals surface area contributed by atoms with Crippen LogP contribution in [0.4, 0.5) is 5.69 Å². The minimum atomic E-state index is 0.373. The van der Waals surface area contributed by atoms with Gasteiger partial charge in [-0.2, -0.15) is 5.10 Å². The van der Waals surface area contributed by atoms with E-state index >= 15 is 0 Å². The summed E-state index contributed by atoms with van der Waals surface area (Å²) in [5, 5.41) is 15.6. The minimum Gasteiger partial charge on any atom is -0.463 e. The molecule has 82 valence electrons. The number of aryl methyl sites for hydroxylation is 1. The average molecular weight is 216 g/mol. The van der Waals surface area contributed by atoms with Crippen LogP contribution in [0.1, 0.15) is 18.2 Å². The molecule has 2 aromatic heterocycles. The number of rotatable bonds is 2. The van der Waals surface area contributed by atoms with Crippen molar-refractivity contribution in [3.63, 3.8) is 0 Å². The van der Waals surface area contributed by atoms with E-state index in [9.17, 15) is 0 Å². The molecule has 0 aliphatic heterocycles. The van der Waals surface area contributed by atoms with Gasteiger partial charge >= 0.3 is 0 Å². The van der Waals surface area contributed by atoms with Gasteiger partial charge in [0.25, 0.3) is 0 Å². The molecule has 0 aliphatic rings. The Morgan fingerprint density at radius 3 is 2.75 bits per heavy atom. The highest BCUT2D eigenvalue weighted by atomic mass is 16.3. The largest absolute Gasteiger partial charge is 0.463 e. The summed E-state index contributed by atoms with van der Waals surface area (Å²) in [4.78, 5) is 0. The Balaban J connectivity index is 2.66. The topological polar surface area (TPSA) is 88.8 Å². The van der Waals surface area contributed by atoms with E-state index in [0.29, 0.717) is 34.1 Å². The number of nitrogens with two attached hydrogens (primary N) is 1. The smallest absolute Gasteiger partial charge is 0.156 e. The number of aromatic nitrogens is 2. The molecule has 0 aromatic carbocycles. The van der Waals surface area contributed by atoms with Gasteiger partial charge < -0.3 is 15.6 Å². The lowest BCUT2D eigenvalue weighted by atomic mass is 10.1. The highest BCUT2D eigenvalue weighted by Crippen LogP contribution is 2.27. The fourth-order valence-corrected chi connectivity index (χ4v) is 1.61. The number of hydrogen-bond donors (Lipinski definition) is 2. The summed E-state index contributed by atoms with van der Waals surface area (Å²) < 4.78 is 5.22. The quantitative estimate of drug-likeness (QED) is 0.751. The molecule has 0 aliphatic carbocycles. The Kier molecular flexibility index (Phi) is 2.44. The van der Waals surface area contributed by atoms with Gasteiger partial charge in [-0.05, 0) is 26.0 Å². The molecule has 0 atom stereocenters. The van der Waals surface area contributed by atoms with Crippen LogP contribution in [0.15, 0.2) is 22.8 Å². The number of furan rings is 1. The van der Waals surface area contributed by atoms with Crippen LogP contribution in [-0.4, -0.2) is 15.9 Å². The molecule has 0 amide bonds. The lowest BCUT2D eigenvalue weighted by Crippen LogP contribution is -2.08. The van der Waals surface area contributed by atoms with E-state index in [0.717, 1.165) is 0 Å². The maximum absolute atomic E-state index is 7.66. The van der Waals surface area contributed by atoms with Crippen molar-refractivity contribution in [3.05, 3.63) is 29.7 Å². The summed E-state index contributed by atoms with van der Waals surface area (Å²) in [5.41, 5.74) is 8.55. The molecular formula is C11H12N4O. The summed E-state index contributed by atoms with van der Waals surface area (Å²) in [6, 6.07) is 3.52. The number of nitrogens with one attached hydrogen (secondary N) is 1. The van der Waals surface area contributed by atoms with Gasteiger partial charge in [-0.3, -0.25) is 0 Å². The summed E-state index contributed by atoms with van der Waals surface area (Å²) >= 11 is 0. The molecule has 0 saturated heterocycles. The first-order chi connectivity index (χ1) is 7.61. The van der Waals surface area contributed by atoms with Crippen molar-refractivity contribution in [1.82, 2.24) is 10.2 Å². The highest BCUT2D eigenvalue weighted by Gasteiger charge is 2.15. The lowest BCUT2D eigenvalue weighted by Gasteiger charge is -2.09. The fraction of sp³-hybridized carbons (Fsp3) is 0.182. The van der Waals surface area contributed by atoms with Gasteiger partial charge in [0.1, 0.15) is 0 Å². The zero-order chi connectivity index (χ0) is 11.7. The van der Waals surface area contributed by atoms with Crippen LogP contribution in [0, 0.1) is 12.3 Å². The predicted octanol–water partition coefficient (Wildman–Crippen LogP) is 2.01. The third kappa shape index (κ3) is 1.56. The third-order valence-electron chi connectivity index (χ3n) is 2.32. The average Bonchev–Trinajstić information content (AvgIpc) is 2.70. The number of nitrogen functional groups attached to an aromatic ring is 1. The fourth-order valence-electron chi connectivity index (χ4n) is 1.61. The Bertz CT molecular complexity index is 531. The second-order valence-electron chi connectivity index (χ2n) is 3.52. The first kappa shape index (κ1) is 10.4. The van der Waals surface area contributed by atoms with Crippen molar-refractivity contribution in [1.29, 1.82) is 5.41 Å². The summed E-state index contributed by atoms with van der Waals surface area (Å²) in [6.07, 6.45) is 1.55. The first-order valence-corrected chi connectivity index (χ1v) is 4.83. The normalized spacial score (nSPS) is 10.4. The Morgan fingerprint density at radius 2 is 2.19 bits per heavy atom. The zero-order valence-corrected chi connectivity index (χ0v) is 9.11. The summed E-state index contributed by atoms with van der Waals surface area (Å²) in [5.74, 6) is 0.563. The monoisotopic (exact) mass is 216 g/mol. The zero-order valence-electron chi connectivity index (χ0n) is 9.11. The maximum atomic E-state index is 7.66. The van der Waals surface area contributed by atoms with Gasteiger partial charge in [-0.25, -0.2) is 0 Å². The number of nitrogens with zero attached hydrogens (tertiary/aromatic N) is 2. The second kappa shape index (κ2) is 3.77. The van der Waals surface area contributed by atoms with Crippen LogP contribution in [-0.2, 0) is 0 Å². The van der Waals surface area contributed by atoms with Crippen molar-refractivity contribution < 1.29 is 4.42 Å². The second-order valence-corrected chi connectivity index (χ2v) is 3.52. The predicted molar refractivity (Wildman–Crippen MR) is 61.4 cm³/mol. The molecule has 0 saturated carbocycles. The molecule has 2 rings (SSSR count). The molecule has 0 unspecified atom stereocenters. The van der Waals surface area contributed by atoms with Gasteiger partial charge in [-0.1, -0.05) is 0 Å². The molecule has 0 radical (unpaired) electrons. The van der Waals surface area contributed by atoms with E-state index in [1.165, 1.54) is 0 Å². The van der Waals surface area contributed by atoms with E-state index in [2.05, 4.69) is 10.2 Å². The van der Waals surface area contributed by atoms with E-state index in [1.54, 1.807) is 32.2 Å². The van der Waals surface area contributed by atoms with E-state index in [-0.39, 0.29) is 0 Å². The van der Waals surface area contributed by atoms with Crippen molar-refractivity contribution >= 4 is 11.4 Å². The molecule has 0 bridgehead atoms. The van der Waals surface area contributed by atoms with Crippen LogP contribution < -0.4 is 5.73 Å². The van der Waals surface area contributed by atoms with Gasteiger partial charge in [0.05, 0.1) is 17.6 Å². The minimum absolute atomic E-state index is 0.373. The molecule has 2 aromatic rings. The van der Waals surface area contributed by atoms with Crippen molar-refractivity contribution in [2.24, 2.45) is 0 Å². The molecule has 0 fully saturated rings. The van der Waals surface area contributed by atoms with Crippen LogP contribution >= 0.6 is 0 Å². The van der Waals surface area contributed by atoms with Gasteiger partial charge in [0.2, 0.25) is 0 Å². The van der Waals surface area contributed by atoms with Crippen LogP contribution in [0.3, 0.4) is 0 Å². The van der Waals surface area contributed by atoms with E-state index in [4.69, 9.17) is 15.6 Å². The maximum Gasteiger partial charge on any atom is 0.156 e. The van der Waals surface area contributed by atoms with Crippen molar-refractivity contribution in [3.8, 4) is 11.5 Å². The highest BCUT2D eigenvalue weighted by molar-refractivity contribution is 6.03. The van der Waals surface area contributed by atoms with E-state index < -0.39 is 0 Å². The van der Waals surface area contributed by atoms with Crippen molar-refractivity contribution in [2.75, 3.05) is 5.73 Å². The standard InChI is InChI=1S/C11H12N4O/c1-6(12)9-7(2)14-15-11(10(9)13)8-4-3-5-16-8/h3-5,12H,1-2H3,(H2,13,14).